The van der Waals surface area contributed by atoms with E-state index in [0.29, 0.717) is 0 Å². The molecule has 0 aromatic carbocycles. The highest BCUT2D eigenvalue weighted by Crippen LogP contribution is 2.05. The van der Waals surface area contributed by atoms with Crippen LogP contribution in [-0.4, -0.2) is 6.26 Å². The van der Waals surface area contributed by atoms with Crippen LogP contribution in [0, 0.1) is 0 Å². The van der Waals surface area contributed by atoms with Crippen molar-refractivity contribution in [3.8, 4) is 0 Å². The molecule has 0 aliphatic rings. The van der Waals surface area contributed by atoms with Gasteiger partial charge in [0.15, 0.2) is 0 Å². The van der Waals surface area contributed by atoms with Gasteiger partial charge in [-0.2, -0.15) is 0 Å². The van der Waals surface area contributed by atoms with Crippen LogP contribution in [0.3, 0.4) is 0 Å². The summed E-state index contributed by atoms with van der Waals surface area (Å²) in [4.78, 5) is 0. The maximum absolute atomic E-state index is 3.63. The van der Waals surface area contributed by atoms with Crippen LogP contribution in [0.25, 0.3) is 0 Å². The van der Waals surface area contributed by atoms with Crippen LogP contribution in [0.5, 0.6) is 0 Å². The summed E-state index contributed by atoms with van der Waals surface area (Å²) < 4.78 is 0. The molecule has 0 radical (unpaired) electrons. The molecule has 0 atom stereocenters. The molecule has 1 heteroatoms. The van der Waals surface area contributed by atoms with E-state index < -0.39 is 0 Å². The summed E-state index contributed by atoms with van der Waals surface area (Å²) in [5.74, 6) is 0. The highest BCUT2D eigenvalue weighted by molar-refractivity contribution is 8.01. The van der Waals surface area contributed by atoms with Crippen LogP contribution in [-0.2, 0) is 0 Å². The third kappa shape index (κ3) is 4.00. The van der Waals surface area contributed by atoms with Gasteiger partial charge in [-0.05, 0) is 25.0 Å². The Morgan fingerprint density at radius 2 is 2.38 bits per heavy atom. The first-order chi connectivity index (χ1) is 3.81. The van der Waals surface area contributed by atoms with E-state index in [1.54, 1.807) is 11.8 Å². The molecule has 0 aliphatic heterocycles. The van der Waals surface area contributed by atoms with Gasteiger partial charge in [0, 0.05) is 0 Å². The quantitative estimate of drug-likeness (QED) is 0.527. The fourth-order valence-electron chi connectivity index (χ4n) is 0.477. The zero-order valence-electron chi connectivity index (χ0n) is 5.48. The minimum atomic E-state index is 1.01. The summed E-state index contributed by atoms with van der Waals surface area (Å²) in [6, 6.07) is 0. The van der Waals surface area contributed by atoms with E-state index in [2.05, 4.69) is 25.2 Å². The first kappa shape index (κ1) is 7.83. The average Bonchev–Trinajstić information content (AvgIpc) is 1.68. The molecule has 0 nitrogen and oxygen atoms in total. The van der Waals surface area contributed by atoms with Crippen LogP contribution < -0.4 is 0 Å². The van der Waals surface area contributed by atoms with Gasteiger partial charge in [0.05, 0.1) is 0 Å². The number of hydrogen-bond acceptors (Lipinski definition) is 1. The Morgan fingerprint density at radius 1 is 1.75 bits per heavy atom. The monoisotopic (exact) mass is 128 g/mol. The fourth-order valence-corrected chi connectivity index (χ4v) is 0.976. The smallest absolute Gasteiger partial charge is 0.0136 e. The molecule has 0 saturated carbocycles. The molecule has 0 fully saturated rings. The predicted molar refractivity (Wildman–Crippen MR) is 42.1 cm³/mol. The highest BCUT2D eigenvalue weighted by Gasteiger charge is 1.79. The minimum Gasteiger partial charge on any atom is -0.138 e. The van der Waals surface area contributed by atoms with Gasteiger partial charge in [-0.15, -0.1) is 18.3 Å². The molecule has 8 heavy (non-hydrogen) atoms. The van der Waals surface area contributed by atoms with Crippen LogP contribution in [0.4, 0.5) is 0 Å². The van der Waals surface area contributed by atoms with Crippen molar-refractivity contribution in [1.82, 2.24) is 0 Å². The van der Waals surface area contributed by atoms with Gasteiger partial charge >= 0.3 is 0 Å². The molecule has 0 aromatic rings. The van der Waals surface area contributed by atoms with E-state index in [1.165, 1.54) is 5.57 Å². The van der Waals surface area contributed by atoms with Gasteiger partial charge in [-0.3, -0.25) is 0 Å². The van der Waals surface area contributed by atoms with Gasteiger partial charge in [-0.25, -0.2) is 0 Å². The van der Waals surface area contributed by atoms with Gasteiger partial charge < -0.3 is 0 Å². The lowest BCUT2D eigenvalue weighted by molar-refractivity contribution is 1.23. The van der Waals surface area contributed by atoms with Gasteiger partial charge in [0.25, 0.3) is 0 Å². The Hall–Kier alpha value is -0.170. The summed E-state index contributed by atoms with van der Waals surface area (Å²) in [6.07, 6.45) is 5.00. The molecule has 0 unspecified atom stereocenters. The lowest BCUT2D eigenvalue weighted by Crippen LogP contribution is -1.67. The van der Waals surface area contributed by atoms with Gasteiger partial charge in [0.2, 0.25) is 0 Å². The Labute approximate surface area is 55.7 Å². The van der Waals surface area contributed by atoms with E-state index in [4.69, 9.17) is 0 Å². The zero-order chi connectivity index (χ0) is 6.41. The molecular formula is C7H12S. The van der Waals surface area contributed by atoms with Gasteiger partial charge in [0.1, 0.15) is 0 Å². The van der Waals surface area contributed by atoms with E-state index in [-0.39, 0.29) is 0 Å². The molecule has 0 spiro atoms. The average molecular weight is 128 g/mol. The van der Waals surface area contributed by atoms with Crippen molar-refractivity contribution in [2.45, 2.75) is 13.3 Å². The van der Waals surface area contributed by atoms with Crippen LogP contribution >= 0.6 is 11.8 Å². The van der Waals surface area contributed by atoms with Crippen LogP contribution in [0.2, 0.25) is 0 Å². The SMILES string of the molecule is C=CCC(C)=CSC. The van der Waals surface area contributed by atoms with Crippen LogP contribution in [0.15, 0.2) is 23.6 Å². The lowest BCUT2D eigenvalue weighted by Gasteiger charge is -1.89. The zero-order valence-corrected chi connectivity index (χ0v) is 6.29. The van der Waals surface area contributed by atoms with Crippen molar-refractivity contribution in [3.63, 3.8) is 0 Å². The largest absolute Gasteiger partial charge is 0.138 e. The molecule has 0 N–H and O–H groups in total. The topological polar surface area (TPSA) is 0 Å². The Morgan fingerprint density at radius 3 is 2.75 bits per heavy atom. The molecule has 0 rings (SSSR count). The first-order valence-corrected chi connectivity index (χ1v) is 3.89. The molecule has 0 aromatic heterocycles. The predicted octanol–water partition coefficient (Wildman–Crippen LogP) is 2.83. The molecular weight excluding hydrogens is 116 g/mol. The number of hydrogen-bond donors (Lipinski definition) is 0. The second-order valence-electron chi connectivity index (χ2n) is 1.69. The standard InChI is InChI=1S/C7H12S/c1-4-5-7(2)6-8-3/h4,6H,1,5H2,2-3H3. The maximum atomic E-state index is 3.63. The Balaban J connectivity index is 3.44. The Bertz CT molecular complexity index is 92.6. The number of thioether (sulfide) groups is 1. The van der Waals surface area contributed by atoms with Crippen molar-refractivity contribution in [2.24, 2.45) is 0 Å². The normalized spacial score (nSPS) is 11.5. The second-order valence-corrected chi connectivity index (χ2v) is 2.40. The van der Waals surface area contributed by atoms with E-state index in [1.807, 2.05) is 6.08 Å². The molecule has 0 heterocycles. The third-order valence-electron chi connectivity index (χ3n) is 0.785. The molecule has 0 aliphatic carbocycles. The van der Waals surface area contributed by atoms with E-state index in [9.17, 15) is 0 Å². The van der Waals surface area contributed by atoms with Crippen molar-refractivity contribution >= 4 is 11.8 Å². The molecule has 0 saturated heterocycles. The van der Waals surface area contributed by atoms with Crippen molar-refractivity contribution in [1.29, 1.82) is 0 Å². The fraction of sp³-hybridized carbons (Fsp3) is 0.429. The summed E-state index contributed by atoms with van der Waals surface area (Å²) >= 11 is 1.74. The summed E-state index contributed by atoms with van der Waals surface area (Å²) in [5.41, 5.74) is 1.38. The number of allylic oxidation sites excluding steroid dienone is 2. The number of rotatable bonds is 3. The molecule has 46 valence electrons. The van der Waals surface area contributed by atoms with Crippen molar-refractivity contribution in [3.05, 3.63) is 23.6 Å². The van der Waals surface area contributed by atoms with E-state index >= 15 is 0 Å². The maximum Gasteiger partial charge on any atom is -0.0136 e. The minimum absolute atomic E-state index is 1.01. The summed E-state index contributed by atoms with van der Waals surface area (Å²) in [5, 5.41) is 2.14. The lowest BCUT2D eigenvalue weighted by atomic mass is 10.2. The molecule has 0 amide bonds. The highest BCUT2D eigenvalue weighted by atomic mass is 32.2. The van der Waals surface area contributed by atoms with Gasteiger partial charge in [-0.1, -0.05) is 11.6 Å². The van der Waals surface area contributed by atoms with E-state index in [0.717, 1.165) is 6.42 Å². The van der Waals surface area contributed by atoms with Crippen molar-refractivity contribution in [2.75, 3.05) is 6.26 Å². The second kappa shape index (κ2) is 4.98. The first-order valence-electron chi connectivity index (χ1n) is 2.60. The molecule has 0 bridgehead atoms. The summed E-state index contributed by atoms with van der Waals surface area (Å²) in [6.45, 7) is 5.74. The Kier molecular flexibility index (Phi) is 4.87. The third-order valence-corrected chi connectivity index (χ3v) is 1.42. The van der Waals surface area contributed by atoms with Crippen molar-refractivity contribution < 1.29 is 0 Å². The summed E-state index contributed by atoms with van der Waals surface area (Å²) in [7, 11) is 0. The van der Waals surface area contributed by atoms with Crippen LogP contribution in [0.1, 0.15) is 13.3 Å².